The fourth-order valence-electron chi connectivity index (χ4n) is 6.57. The number of hydrogen-bond donors (Lipinski definition) is 3. The van der Waals surface area contributed by atoms with Gasteiger partial charge in [0.05, 0.1) is 34.0 Å². The molecule has 3 N–H and O–H groups in total. The van der Waals surface area contributed by atoms with E-state index in [9.17, 15) is 20.1 Å². The van der Waals surface area contributed by atoms with Gasteiger partial charge in [0.25, 0.3) is 0 Å². The molecule has 0 radical (unpaired) electrons. The van der Waals surface area contributed by atoms with Crippen molar-refractivity contribution < 1.29 is 34.3 Å². The molecule has 2 aromatic carbocycles. The fourth-order valence-corrected chi connectivity index (χ4v) is 6.57. The number of nitrogens with zero attached hydrogens (tertiary/aromatic N) is 1. The van der Waals surface area contributed by atoms with Crippen LogP contribution in [0.1, 0.15) is 50.8 Å². The van der Waals surface area contributed by atoms with E-state index < -0.39 is 23.8 Å². The molecule has 4 rings (SSSR count). The summed E-state index contributed by atoms with van der Waals surface area (Å²) in [5.74, 6) is -0.253. The van der Waals surface area contributed by atoms with Crippen LogP contribution in [0.2, 0.25) is 0 Å². The van der Waals surface area contributed by atoms with Crippen molar-refractivity contribution in [1.29, 1.82) is 0 Å². The number of benzene rings is 2. The van der Waals surface area contributed by atoms with Crippen LogP contribution < -0.4 is 14.2 Å². The van der Waals surface area contributed by atoms with Crippen LogP contribution in [0.5, 0.6) is 28.7 Å². The van der Waals surface area contributed by atoms with Crippen molar-refractivity contribution in [3.05, 3.63) is 38.9 Å². The molecule has 8 heteroatoms. The normalized spacial score (nSPS) is 23.0. The van der Waals surface area contributed by atoms with Crippen LogP contribution in [0, 0.1) is 26.7 Å². The van der Waals surface area contributed by atoms with Crippen LogP contribution in [-0.4, -0.2) is 74.1 Å². The fraction of sp³-hybridized carbons (Fsp3) is 0.536. The van der Waals surface area contributed by atoms with Gasteiger partial charge < -0.3 is 29.5 Å². The lowest BCUT2D eigenvalue weighted by atomic mass is 9.64. The number of ether oxygens (including phenoxy) is 3. The van der Waals surface area contributed by atoms with Gasteiger partial charge in [-0.2, -0.15) is 0 Å². The number of carbonyl (C=O) groups is 1. The number of phenols is 2. The summed E-state index contributed by atoms with van der Waals surface area (Å²) in [7, 11) is 8.34. The molecule has 0 saturated carbocycles. The number of fused-ring (bicyclic) bond motifs is 4. The molecule has 4 atom stereocenters. The minimum atomic E-state index is -0.658. The molecule has 0 amide bonds. The molecule has 0 spiro atoms. The van der Waals surface area contributed by atoms with E-state index in [1.165, 1.54) is 7.11 Å². The summed E-state index contributed by atoms with van der Waals surface area (Å²) in [6.45, 7) is 5.21. The molecule has 0 saturated heterocycles. The first-order valence-electron chi connectivity index (χ1n) is 12.2. The summed E-state index contributed by atoms with van der Waals surface area (Å²) >= 11 is 0. The summed E-state index contributed by atoms with van der Waals surface area (Å²) < 4.78 is 17.2. The van der Waals surface area contributed by atoms with Gasteiger partial charge in [-0.3, -0.25) is 9.69 Å². The van der Waals surface area contributed by atoms with Crippen molar-refractivity contribution in [1.82, 2.24) is 4.90 Å². The molecule has 0 aromatic heterocycles. The van der Waals surface area contributed by atoms with E-state index >= 15 is 0 Å². The van der Waals surface area contributed by atoms with Gasteiger partial charge in [-0.1, -0.05) is 0 Å². The highest BCUT2D eigenvalue weighted by molar-refractivity contribution is 5.91. The monoisotopic (exact) mass is 499 g/mol. The highest BCUT2D eigenvalue weighted by Crippen LogP contribution is 2.58. The Morgan fingerprint density at radius 3 is 1.94 bits per heavy atom. The number of likely N-dealkylation sites (N-methyl/N-ethyl adjacent to an activating group) is 1. The molecule has 2 aliphatic carbocycles. The van der Waals surface area contributed by atoms with E-state index in [1.807, 2.05) is 39.8 Å². The standard InChI is InChI=1S/C28H37NO7/c1-12-13(2)27(35-7)22-16(23(12)31)9-15-20-17(26(34-6)14(3)28(36-8)25(20)33)10-19(29(4)5)24(32)21(15)18(22)11-30/h15,18-19,21,30-31,33H,9-11H2,1-8H3/t15-,18+,19?,21?/m0/s1. The van der Waals surface area contributed by atoms with Crippen molar-refractivity contribution in [2.45, 2.75) is 51.5 Å². The predicted molar refractivity (Wildman–Crippen MR) is 136 cm³/mol. The Balaban J connectivity index is 2.13. The van der Waals surface area contributed by atoms with Gasteiger partial charge in [0.1, 0.15) is 17.2 Å². The third-order valence-electron chi connectivity index (χ3n) is 8.38. The molecule has 8 nitrogen and oxygen atoms in total. The van der Waals surface area contributed by atoms with Crippen LogP contribution in [0.25, 0.3) is 0 Å². The van der Waals surface area contributed by atoms with E-state index in [1.54, 1.807) is 14.2 Å². The average molecular weight is 500 g/mol. The lowest BCUT2D eigenvalue weighted by molar-refractivity contribution is -0.129. The number of hydrogen-bond acceptors (Lipinski definition) is 8. The first kappa shape index (κ1) is 26.1. The summed E-state index contributed by atoms with van der Waals surface area (Å²) in [6.07, 6.45) is 0.632. The maximum Gasteiger partial charge on any atom is 0.167 e. The summed E-state index contributed by atoms with van der Waals surface area (Å²) in [4.78, 5) is 16.1. The Labute approximate surface area is 212 Å². The number of aliphatic hydroxyl groups excluding tert-OH is 1. The van der Waals surface area contributed by atoms with Crippen LogP contribution >= 0.6 is 0 Å². The van der Waals surface area contributed by atoms with Gasteiger partial charge in [0.15, 0.2) is 17.3 Å². The molecule has 0 aliphatic heterocycles. The van der Waals surface area contributed by atoms with Gasteiger partial charge in [0.2, 0.25) is 0 Å². The zero-order chi connectivity index (χ0) is 26.6. The smallest absolute Gasteiger partial charge is 0.167 e. The third-order valence-corrected chi connectivity index (χ3v) is 8.38. The highest BCUT2D eigenvalue weighted by Gasteiger charge is 2.51. The van der Waals surface area contributed by atoms with Crippen LogP contribution in [0.4, 0.5) is 0 Å². The minimum absolute atomic E-state index is 0.0243. The number of aromatic hydroxyl groups is 2. The average Bonchev–Trinajstić information content (AvgIpc) is 2.97. The van der Waals surface area contributed by atoms with Crippen molar-refractivity contribution in [2.75, 3.05) is 42.0 Å². The van der Waals surface area contributed by atoms with E-state index in [2.05, 4.69) is 0 Å². The second kappa shape index (κ2) is 9.48. The Morgan fingerprint density at radius 1 is 0.806 bits per heavy atom. The Kier molecular flexibility index (Phi) is 6.88. The van der Waals surface area contributed by atoms with Gasteiger partial charge in [-0.15, -0.1) is 0 Å². The Bertz CT molecular complexity index is 1220. The maximum atomic E-state index is 14.2. The molecule has 2 unspecified atom stereocenters. The lowest BCUT2D eigenvalue weighted by Crippen LogP contribution is -2.45. The Morgan fingerprint density at radius 2 is 1.42 bits per heavy atom. The Hall–Kier alpha value is -2.97. The minimum Gasteiger partial charge on any atom is -0.507 e. The quantitative estimate of drug-likeness (QED) is 0.576. The number of methoxy groups -OCH3 is 3. The largest absolute Gasteiger partial charge is 0.507 e. The summed E-state index contributed by atoms with van der Waals surface area (Å²) in [5, 5.41) is 33.5. The SMILES string of the molecule is COc1c(C)c(OC)c2c(c1O)[C@@H]1Cc3c(O)c(C)c(C)c(OC)c3[C@H](CO)C1C(=O)C(N(C)C)C2. The molecule has 36 heavy (non-hydrogen) atoms. The zero-order valence-corrected chi connectivity index (χ0v) is 22.4. The van der Waals surface area contributed by atoms with E-state index in [0.717, 1.165) is 11.1 Å². The first-order chi connectivity index (χ1) is 17.0. The van der Waals surface area contributed by atoms with Crippen LogP contribution in [-0.2, 0) is 17.6 Å². The molecular formula is C28H37NO7. The third kappa shape index (κ3) is 3.53. The molecule has 0 fully saturated rings. The number of aliphatic hydroxyl groups is 1. The van der Waals surface area contributed by atoms with Crippen molar-refractivity contribution in [3.63, 3.8) is 0 Å². The summed E-state index contributed by atoms with van der Waals surface area (Å²) in [6, 6.07) is -0.499. The second-order valence-corrected chi connectivity index (χ2v) is 10.2. The molecule has 196 valence electrons. The van der Waals surface area contributed by atoms with E-state index in [-0.39, 0.29) is 23.9 Å². The summed E-state index contributed by atoms with van der Waals surface area (Å²) in [5.41, 5.74) is 4.76. The van der Waals surface area contributed by atoms with Gasteiger partial charge in [-0.05, 0) is 58.8 Å². The number of ketones is 1. The zero-order valence-electron chi connectivity index (χ0n) is 22.4. The number of phenolic OH excluding ortho intramolecular Hbond substituents is 2. The van der Waals surface area contributed by atoms with Gasteiger partial charge >= 0.3 is 0 Å². The predicted octanol–water partition coefficient (Wildman–Crippen LogP) is 3.14. The molecule has 2 aliphatic rings. The highest BCUT2D eigenvalue weighted by atomic mass is 16.5. The van der Waals surface area contributed by atoms with E-state index in [0.29, 0.717) is 57.9 Å². The maximum absolute atomic E-state index is 14.2. The van der Waals surface area contributed by atoms with Gasteiger partial charge in [-0.25, -0.2) is 0 Å². The van der Waals surface area contributed by atoms with E-state index in [4.69, 9.17) is 14.2 Å². The molecule has 0 heterocycles. The lowest BCUT2D eigenvalue weighted by Gasteiger charge is -2.41. The number of Topliss-reactive ketones (excluding diaryl/α,β-unsaturated/α-hetero) is 1. The molecular weight excluding hydrogens is 462 g/mol. The first-order valence-corrected chi connectivity index (χ1v) is 12.2. The van der Waals surface area contributed by atoms with Crippen LogP contribution in [0.3, 0.4) is 0 Å². The van der Waals surface area contributed by atoms with Crippen molar-refractivity contribution >= 4 is 5.78 Å². The van der Waals surface area contributed by atoms with Crippen LogP contribution in [0.15, 0.2) is 0 Å². The van der Waals surface area contributed by atoms with Gasteiger partial charge in [0, 0.05) is 45.6 Å². The molecule has 0 bridgehead atoms. The van der Waals surface area contributed by atoms with Crippen molar-refractivity contribution in [2.24, 2.45) is 5.92 Å². The second-order valence-electron chi connectivity index (χ2n) is 10.2. The number of carbonyl (C=O) groups excluding carboxylic acids is 1. The van der Waals surface area contributed by atoms with Crippen molar-refractivity contribution in [3.8, 4) is 28.7 Å². The molecule has 2 aromatic rings. The number of rotatable bonds is 5. The topological polar surface area (TPSA) is 109 Å².